The zero-order valence-corrected chi connectivity index (χ0v) is 10.0. The molecule has 0 unspecified atom stereocenters. The molecule has 1 saturated heterocycles. The fourth-order valence-corrected chi connectivity index (χ4v) is 2.75. The van der Waals surface area contributed by atoms with Gasteiger partial charge in [-0.3, -0.25) is 4.98 Å². The molecule has 2 nitrogen and oxygen atoms in total. The van der Waals surface area contributed by atoms with Gasteiger partial charge in [-0.1, -0.05) is 18.2 Å². The van der Waals surface area contributed by atoms with E-state index in [2.05, 4.69) is 34.6 Å². The van der Waals surface area contributed by atoms with Gasteiger partial charge in [-0.05, 0) is 56.0 Å². The first-order valence-corrected chi connectivity index (χ1v) is 6.47. The maximum absolute atomic E-state index is 4.42. The molecule has 0 spiro atoms. The van der Waals surface area contributed by atoms with Crippen LogP contribution in [0.25, 0.3) is 10.9 Å². The molecule has 1 aliphatic heterocycles. The highest BCUT2D eigenvalue weighted by Crippen LogP contribution is 2.22. The highest BCUT2D eigenvalue weighted by molar-refractivity contribution is 5.81. The highest BCUT2D eigenvalue weighted by Gasteiger charge is 2.14. The van der Waals surface area contributed by atoms with Crippen molar-refractivity contribution in [3.05, 3.63) is 42.1 Å². The number of nitrogens with one attached hydrogen (secondary N) is 1. The second kappa shape index (κ2) is 4.84. The Morgan fingerprint density at radius 2 is 2.24 bits per heavy atom. The largest absolute Gasteiger partial charge is 0.316 e. The lowest BCUT2D eigenvalue weighted by Gasteiger charge is -2.23. The number of fused-ring (bicyclic) bond motifs is 1. The van der Waals surface area contributed by atoms with Gasteiger partial charge in [0.1, 0.15) is 0 Å². The molecule has 1 atom stereocenters. The first-order valence-electron chi connectivity index (χ1n) is 6.47. The first kappa shape index (κ1) is 10.7. The smallest absolute Gasteiger partial charge is 0.0704 e. The van der Waals surface area contributed by atoms with Crippen LogP contribution in [0, 0.1) is 5.92 Å². The molecular formula is C15H18N2. The number of hydrogen-bond donors (Lipinski definition) is 1. The van der Waals surface area contributed by atoms with Crippen LogP contribution < -0.4 is 5.32 Å². The van der Waals surface area contributed by atoms with E-state index in [-0.39, 0.29) is 0 Å². The van der Waals surface area contributed by atoms with E-state index in [1.807, 2.05) is 12.3 Å². The summed E-state index contributed by atoms with van der Waals surface area (Å²) in [6, 6.07) is 10.7. The maximum atomic E-state index is 4.42. The quantitative estimate of drug-likeness (QED) is 0.851. The molecule has 0 amide bonds. The predicted molar refractivity (Wildman–Crippen MR) is 71.0 cm³/mol. The fraction of sp³-hybridized carbons (Fsp3) is 0.400. The van der Waals surface area contributed by atoms with E-state index >= 15 is 0 Å². The third-order valence-corrected chi connectivity index (χ3v) is 3.64. The van der Waals surface area contributed by atoms with Gasteiger partial charge in [0.05, 0.1) is 5.52 Å². The number of benzene rings is 1. The average molecular weight is 226 g/mol. The Morgan fingerprint density at radius 3 is 3.12 bits per heavy atom. The van der Waals surface area contributed by atoms with Crippen LogP contribution in [0.15, 0.2) is 36.5 Å². The van der Waals surface area contributed by atoms with Crippen molar-refractivity contribution >= 4 is 10.9 Å². The van der Waals surface area contributed by atoms with Crippen molar-refractivity contribution in [2.24, 2.45) is 5.92 Å². The molecule has 88 valence electrons. The predicted octanol–water partition coefficient (Wildman–Crippen LogP) is 2.78. The summed E-state index contributed by atoms with van der Waals surface area (Å²) in [5, 5.41) is 4.81. The number of pyridine rings is 1. The van der Waals surface area contributed by atoms with Crippen molar-refractivity contribution < 1.29 is 0 Å². The van der Waals surface area contributed by atoms with Crippen LogP contribution in [0.1, 0.15) is 18.4 Å². The van der Waals surface area contributed by atoms with Crippen molar-refractivity contribution in [2.45, 2.75) is 19.3 Å². The third-order valence-electron chi connectivity index (χ3n) is 3.64. The number of hydrogen-bond acceptors (Lipinski definition) is 2. The Morgan fingerprint density at radius 1 is 1.24 bits per heavy atom. The van der Waals surface area contributed by atoms with Crippen LogP contribution in [-0.2, 0) is 6.42 Å². The summed E-state index contributed by atoms with van der Waals surface area (Å²) in [6.45, 7) is 2.35. The Hall–Kier alpha value is -1.41. The van der Waals surface area contributed by atoms with E-state index in [1.54, 1.807) is 0 Å². The maximum Gasteiger partial charge on any atom is 0.0704 e. The van der Waals surface area contributed by atoms with E-state index in [9.17, 15) is 0 Å². The molecule has 2 heteroatoms. The van der Waals surface area contributed by atoms with Gasteiger partial charge in [0.15, 0.2) is 0 Å². The van der Waals surface area contributed by atoms with Gasteiger partial charge < -0.3 is 5.32 Å². The summed E-state index contributed by atoms with van der Waals surface area (Å²) < 4.78 is 0. The minimum absolute atomic E-state index is 0.787. The molecule has 0 saturated carbocycles. The van der Waals surface area contributed by atoms with Crippen LogP contribution in [0.3, 0.4) is 0 Å². The lowest BCUT2D eigenvalue weighted by molar-refractivity contribution is 0.377. The van der Waals surface area contributed by atoms with Gasteiger partial charge in [-0.2, -0.15) is 0 Å². The average Bonchev–Trinajstić information content (AvgIpc) is 2.40. The van der Waals surface area contributed by atoms with Gasteiger partial charge >= 0.3 is 0 Å². The van der Waals surface area contributed by atoms with Gasteiger partial charge in [-0.25, -0.2) is 0 Å². The van der Waals surface area contributed by atoms with Crippen LogP contribution in [0.4, 0.5) is 0 Å². The lowest BCUT2D eigenvalue weighted by Crippen LogP contribution is -2.30. The number of piperidine rings is 1. The SMILES string of the molecule is c1cc(C[C@H]2CCCNC2)c2cccnc2c1. The molecule has 0 aliphatic carbocycles. The number of nitrogens with zero attached hydrogens (tertiary/aromatic N) is 1. The van der Waals surface area contributed by atoms with Gasteiger partial charge in [0.25, 0.3) is 0 Å². The molecule has 1 fully saturated rings. The van der Waals surface area contributed by atoms with E-state index < -0.39 is 0 Å². The summed E-state index contributed by atoms with van der Waals surface area (Å²) in [6.07, 6.45) is 5.71. The zero-order chi connectivity index (χ0) is 11.5. The Balaban J connectivity index is 1.89. The minimum Gasteiger partial charge on any atom is -0.316 e. The van der Waals surface area contributed by atoms with Crippen molar-refractivity contribution in [3.63, 3.8) is 0 Å². The zero-order valence-electron chi connectivity index (χ0n) is 10.0. The van der Waals surface area contributed by atoms with Gasteiger partial charge in [0.2, 0.25) is 0 Å². The Bertz CT molecular complexity index is 496. The lowest BCUT2D eigenvalue weighted by atomic mass is 9.91. The monoisotopic (exact) mass is 226 g/mol. The molecule has 0 radical (unpaired) electrons. The molecule has 1 N–H and O–H groups in total. The molecule has 3 rings (SSSR count). The van der Waals surface area contributed by atoms with E-state index in [0.29, 0.717) is 0 Å². The van der Waals surface area contributed by atoms with Crippen LogP contribution >= 0.6 is 0 Å². The highest BCUT2D eigenvalue weighted by atomic mass is 14.9. The summed E-state index contributed by atoms with van der Waals surface area (Å²) in [7, 11) is 0. The standard InChI is InChI=1S/C15H18N2/c1-5-13(10-12-4-2-8-16-11-12)14-6-3-9-17-15(14)7-1/h1,3,5-7,9,12,16H,2,4,8,10-11H2/t12-/m1/s1. The van der Waals surface area contributed by atoms with Gasteiger partial charge in [0, 0.05) is 11.6 Å². The molecule has 1 aromatic heterocycles. The second-order valence-electron chi connectivity index (χ2n) is 4.90. The number of aromatic nitrogens is 1. The van der Waals surface area contributed by atoms with Crippen LogP contribution in [0.2, 0.25) is 0 Å². The third kappa shape index (κ3) is 2.32. The van der Waals surface area contributed by atoms with Gasteiger partial charge in [-0.15, -0.1) is 0 Å². The molecule has 2 aromatic rings. The van der Waals surface area contributed by atoms with Crippen molar-refractivity contribution in [3.8, 4) is 0 Å². The topological polar surface area (TPSA) is 24.9 Å². The molecule has 0 bridgehead atoms. The van der Waals surface area contributed by atoms with Crippen LogP contribution in [0.5, 0.6) is 0 Å². The molecule has 1 aliphatic rings. The summed E-state index contributed by atoms with van der Waals surface area (Å²) in [5.41, 5.74) is 2.57. The van der Waals surface area contributed by atoms with E-state index in [4.69, 9.17) is 0 Å². The normalized spacial score (nSPS) is 20.6. The molecule has 17 heavy (non-hydrogen) atoms. The summed E-state index contributed by atoms with van der Waals surface area (Å²) >= 11 is 0. The Labute approximate surface area is 102 Å². The summed E-state index contributed by atoms with van der Waals surface area (Å²) in [4.78, 5) is 4.42. The van der Waals surface area contributed by atoms with Crippen molar-refractivity contribution in [1.82, 2.24) is 10.3 Å². The minimum atomic E-state index is 0.787. The van der Waals surface area contributed by atoms with E-state index in [0.717, 1.165) is 18.0 Å². The molecule has 1 aromatic carbocycles. The summed E-state index contributed by atoms with van der Waals surface area (Å²) in [5.74, 6) is 0.787. The fourth-order valence-electron chi connectivity index (χ4n) is 2.75. The van der Waals surface area contributed by atoms with E-state index in [1.165, 1.54) is 36.8 Å². The second-order valence-corrected chi connectivity index (χ2v) is 4.90. The van der Waals surface area contributed by atoms with Crippen molar-refractivity contribution in [1.29, 1.82) is 0 Å². The first-order chi connectivity index (χ1) is 8.43. The van der Waals surface area contributed by atoms with Crippen molar-refractivity contribution in [2.75, 3.05) is 13.1 Å². The van der Waals surface area contributed by atoms with Crippen LogP contribution in [-0.4, -0.2) is 18.1 Å². The molecular weight excluding hydrogens is 208 g/mol. The molecule has 2 heterocycles. The Kier molecular flexibility index (Phi) is 3.06. The number of rotatable bonds is 2.